The Balaban J connectivity index is 1.73. The SMILES string of the molecule is CCCc1nnsc1C(=O)N1CC[C@@H](n2nc(C)cc2C)C1. The number of carbonyl (C=O) groups excluding carboxylic acids is 1. The van der Waals surface area contributed by atoms with Gasteiger partial charge in [0.25, 0.3) is 5.91 Å². The molecule has 3 heterocycles. The highest BCUT2D eigenvalue weighted by atomic mass is 32.1. The van der Waals surface area contributed by atoms with Crippen LogP contribution in [-0.2, 0) is 6.42 Å². The first-order valence-electron chi connectivity index (χ1n) is 7.73. The van der Waals surface area contributed by atoms with Gasteiger partial charge in [-0.1, -0.05) is 17.8 Å². The van der Waals surface area contributed by atoms with Gasteiger partial charge in [0.05, 0.1) is 17.4 Å². The number of aromatic nitrogens is 4. The first-order chi connectivity index (χ1) is 10.6. The van der Waals surface area contributed by atoms with Crippen molar-refractivity contribution in [3.8, 4) is 0 Å². The Morgan fingerprint density at radius 2 is 2.27 bits per heavy atom. The maximum absolute atomic E-state index is 12.7. The van der Waals surface area contributed by atoms with Crippen molar-refractivity contribution in [1.29, 1.82) is 0 Å². The van der Waals surface area contributed by atoms with Gasteiger partial charge in [0, 0.05) is 18.8 Å². The number of hydrogen-bond donors (Lipinski definition) is 0. The van der Waals surface area contributed by atoms with Gasteiger partial charge in [0.2, 0.25) is 0 Å². The van der Waals surface area contributed by atoms with E-state index in [0.29, 0.717) is 11.4 Å². The standard InChI is InChI=1S/C15H21N5OS/c1-4-5-13-14(22-18-16-13)15(21)19-7-6-12(9-19)20-11(3)8-10(2)17-20/h8,12H,4-7,9H2,1-3H3/t12-/m1/s1. The molecule has 1 aliphatic heterocycles. The van der Waals surface area contributed by atoms with Crippen LogP contribution in [0, 0.1) is 13.8 Å². The van der Waals surface area contributed by atoms with Crippen LogP contribution in [0.2, 0.25) is 0 Å². The number of likely N-dealkylation sites (tertiary alicyclic amines) is 1. The third-order valence-corrected chi connectivity index (χ3v) is 4.83. The second-order valence-electron chi connectivity index (χ2n) is 5.86. The molecule has 0 spiro atoms. The van der Waals surface area contributed by atoms with Crippen LogP contribution in [0.4, 0.5) is 0 Å². The largest absolute Gasteiger partial charge is 0.336 e. The van der Waals surface area contributed by atoms with Crippen molar-refractivity contribution in [1.82, 2.24) is 24.3 Å². The van der Waals surface area contributed by atoms with E-state index in [0.717, 1.165) is 42.9 Å². The second kappa shape index (κ2) is 6.16. The molecule has 1 fully saturated rings. The Morgan fingerprint density at radius 1 is 1.45 bits per heavy atom. The lowest BCUT2D eigenvalue weighted by Crippen LogP contribution is -2.29. The van der Waals surface area contributed by atoms with Crippen molar-refractivity contribution in [2.75, 3.05) is 13.1 Å². The van der Waals surface area contributed by atoms with Crippen LogP contribution in [-0.4, -0.2) is 43.3 Å². The summed E-state index contributed by atoms with van der Waals surface area (Å²) in [6, 6.07) is 2.35. The van der Waals surface area contributed by atoms with Gasteiger partial charge < -0.3 is 4.90 Å². The highest BCUT2D eigenvalue weighted by Gasteiger charge is 2.31. The summed E-state index contributed by atoms with van der Waals surface area (Å²) in [4.78, 5) is 15.3. The van der Waals surface area contributed by atoms with E-state index in [1.807, 2.05) is 11.8 Å². The van der Waals surface area contributed by atoms with E-state index in [4.69, 9.17) is 0 Å². The molecule has 0 bridgehead atoms. The molecule has 22 heavy (non-hydrogen) atoms. The van der Waals surface area contributed by atoms with Gasteiger partial charge in [-0.15, -0.1) is 5.10 Å². The van der Waals surface area contributed by atoms with E-state index in [-0.39, 0.29) is 11.9 Å². The molecule has 1 aliphatic rings. The third-order valence-electron chi connectivity index (χ3n) is 4.08. The molecule has 0 unspecified atom stereocenters. The number of amides is 1. The van der Waals surface area contributed by atoms with Crippen LogP contribution < -0.4 is 0 Å². The van der Waals surface area contributed by atoms with Crippen LogP contribution in [0.15, 0.2) is 6.07 Å². The number of nitrogens with zero attached hydrogens (tertiary/aromatic N) is 5. The minimum Gasteiger partial charge on any atom is -0.336 e. The van der Waals surface area contributed by atoms with Gasteiger partial charge in [-0.05, 0) is 44.3 Å². The average Bonchev–Trinajstić information content (AvgIpc) is 3.18. The summed E-state index contributed by atoms with van der Waals surface area (Å²) in [5.41, 5.74) is 3.02. The van der Waals surface area contributed by atoms with Gasteiger partial charge in [-0.2, -0.15) is 5.10 Å². The van der Waals surface area contributed by atoms with Crippen LogP contribution in [0.1, 0.15) is 52.6 Å². The molecule has 0 N–H and O–H groups in total. The topological polar surface area (TPSA) is 63.9 Å². The molecule has 1 saturated heterocycles. The summed E-state index contributed by atoms with van der Waals surface area (Å²) in [6.45, 7) is 7.64. The molecule has 1 atom stereocenters. The van der Waals surface area contributed by atoms with Crippen molar-refractivity contribution in [3.05, 3.63) is 28.0 Å². The van der Waals surface area contributed by atoms with Crippen molar-refractivity contribution in [3.63, 3.8) is 0 Å². The number of rotatable bonds is 4. The smallest absolute Gasteiger partial charge is 0.267 e. The molecule has 0 aromatic carbocycles. The minimum atomic E-state index is 0.0717. The molecule has 0 radical (unpaired) electrons. The summed E-state index contributed by atoms with van der Waals surface area (Å²) < 4.78 is 6.01. The molecule has 6 nitrogen and oxygen atoms in total. The summed E-state index contributed by atoms with van der Waals surface area (Å²) in [7, 11) is 0. The highest BCUT2D eigenvalue weighted by molar-refractivity contribution is 7.08. The lowest BCUT2D eigenvalue weighted by Gasteiger charge is -2.17. The maximum atomic E-state index is 12.7. The van der Waals surface area contributed by atoms with Gasteiger partial charge in [0.15, 0.2) is 0 Å². The number of hydrogen-bond acceptors (Lipinski definition) is 5. The summed E-state index contributed by atoms with van der Waals surface area (Å²) in [5, 5.41) is 8.65. The fourth-order valence-corrected chi connectivity index (χ4v) is 3.73. The predicted octanol–water partition coefficient (Wildman–Crippen LogP) is 2.39. The monoisotopic (exact) mass is 319 g/mol. The molecule has 1 amide bonds. The van der Waals surface area contributed by atoms with Crippen molar-refractivity contribution >= 4 is 17.4 Å². The molecule has 118 valence electrons. The van der Waals surface area contributed by atoms with E-state index in [1.165, 1.54) is 11.5 Å². The summed E-state index contributed by atoms with van der Waals surface area (Å²) >= 11 is 1.21. The fourth-order valence-electron chi connectivity index (χ4n) is 3.06. The summed E-state index contributed by atoms with van der Waals surface area (Å²) in [5.74, 6) is 0.0717. The van der Waals surface area contributed by atoms with E-state index in [2.05, 4.69) is 39.3 Å². The predicted molar refractivity (Wildman–Crippen MR) is 85.2 cm³/mol. The Kier molecular flexibility index (Phi) is 4.24. The van der Waals surface area contributed by atoms with E-state index < -0.39 is 0 Å². The lowest BCUT2D eigenvalue weighted by atomic mass is 10.2. The van der Waals surface area contributed by atoms with Gasteiger partial charge in [-0.25, -0.2) is 0 Å². The molecular weight excluding hydrogens is 298 g/mol. The van der Waals surface area contributed by atoms with Crippen LogP contribution in [0.5, 0.6) is 0 Å². The Morgan fingerprint density at radius 3 is 2.95 bits per heavy atom. The van der Waals surface area contributed by atoms with Crippen LogP contribution in [0.25, 0.3) is 0 Å². The fraction of sp³-hybridized carbons (Fsp3) is 0.600. The molecule has 2 aromatic heterocycles. The Bertz CT molecular complexity index is 677. The molecular formula is C15H21N5OS. The molecule has 0 aliphatic carbocycles. The zero-order chi connectivity index (χ0) is 15.7. The first-order valence-corrected chi connectivity index (χ1v) is 8.50. The van der Waals surface area contributed by atoms with Crippen molar-refractivity contribution in [2.45, 2.75) is 46.1 Å². The van der Waals surface area contributed by atoms with E-state index >= 15 is 0 Å². The Hall–Kier alpha value is -1.76. The minimum absolute atomic E-state index is 0.0717. The van der Waals surface area contributed by atoms with Crippen LogP contribution >= 0.6 is 11.5 Å². The van der Waals surface area contributed by atoms with E-state index in [9.17, 15) is 4.79 Å². The Labute approximate surface area is 134 Å². The quantitative estimate of drug-likeness (QED) is 0.868. The first kappa shape index (κ1) is 15.1. The molecule has 3 rings (SSSR count). The van der Waals surface area contributed by atoms with E-state index in [1.54, 1.807) is 0 Å². The lowest BCUT2D eigenvalue weighted by molar-refractivity contribution is 0.0790. The second-order valence-corrected chi connectivity index (χ2v) is 6.62. The highest BCUT2D eigenvalue weighted by Crippen LogP contribution is 2.26. The van der Waals surface area contributed by atoms with Crippen LogP contribution in [0.3, 0.4) is 0 Å². The zero-order valence-corrected chi connectivity index (χ0v) is 14.1. The summed E-state index contributed by atoms with van der Waals surface area (Å²) in [6.07, 6.45) is 2.73. The zero-order valence-electron chi connectivity index (χ0n) is 13.2. The maximum Gasteiger partial charge on any atom is 0.267 e. The number of carbonyl (C=O) groups is 1. The third kappa shape index (κ3) is 2.77. The van der Waals surface area contributed by atoms with Crippen molar-refractivity contribution in [2.24, 2.45) is 0 Å². The molecule has 0 saturated carbocycles. The van der Waals surface area contributed by atoms with Crippen molar-refractivity contribution < 1.29 is 4.79 Å². The normalized spacial score (nSPS) is 18.1. The molecule has 7 heteroatoms. The van der Waals surface area contributed by atoms with Gasteiger partial charge in [-0.3, -0.25) is 9.48 Å². The number of aryl methyl sites for hydroxylation is 3. The van der Waals surface area contributed by atoms with Gasteiger partial charge >= 0.3 is 0 Å². The molecule has 2 aromatic rings. The van der Waals surface area contributed by atoms with Gasteiger partial charge in [0.1, 0.15) is 4.88 Å². The average molecular weight is 319 g/mol.